The van der Waals surface area contributed by atoms with Gasteiger partial charge in [-0.25, -0.2) is 19.2 Å². The van der Waals surface area contributed by atoms with Crippen LogP contribution in [0.5, 0.6) is 5.75 Å². The lowest BCUT2D eigenvalue weighted by atomic mass is 9.95. The van der Waals surface area contributed by atoms with Crippen molar-refractivity contribution in [1.82, 2.24) is 24.4 Å². The Hall–Kier alpha value is -4.31. The summed E-state index contributed by atoms with van der Waals surface area (Å²) in [6, 6.07) is 6.62. The number of ether oxygens (including phenoxy) is 1. The monoisotopic (exact) mass is 626 g/mol. The molecule has 2 aromatic heterocycles. The summed E-state index contributed by atoms with van der Waals surface area (Å²) in [5.74, 6) is 0.712. The van der Waals surface area contributed by atoms with E-state index in [4.69, 9.17) is 31.3 Å². The molecule has 2 aromatic carbocycles. The molecule has 2 saturated carbocycles. The van der Waals surface area contributed by atoms with Crippen LogP contribution in [0.15, 0.2) is 48.0 Å². The third kappa shape index (κ3) is 4.60. The van der Waals surface area contributed by atoms with Crippen LogP contribution in [-0.2, 0) is 11.2 Å². The van der Waals surface area contributed by atoms with Crippen LogP contribution >= 0.6 is 11.6 Å². The molecule has 230 valence electrons. The van der Waals surface area contributed by atoms with Gasteiger partial charge in [0.05, 0.1) is 28.7 Å². The fourth-order valence-corrected chi connectivity index (χ4v) is 7.26. The summed E-state index contributed by atoms with van der Waals surface area (Å²) < 4.78 is 23.8. The van der Waals surface area contributed by atoms with Crippen molar-refractivity contribution in [2.45, 2.75) is 56.9 Å². The van der Waals surface area contributed by atoms with Crippen molar-refractivity contribution in [2.75, 3.05) is 31.1 Å². The molecule has 4 aromatic rings. The van der Waals surface area contributed by atoms with E-state index in [0.717, 1.165) is 42.6 Å². The van der Waals surface area contributed by atoms with E-state index in [1.54, 1.807) is 27.9 Å². The Kier molecular flexibility index (Phi) is 6.67. The molecule has 4 aliphatic rings. The fraction of sp³-hybridized carbons (Fsp3) is 0.382. The van der Waals surface area contributed by atoms with Crippen molar-refractivity contribution >= 4 is 34.2 Å². The first-order valence-corrected chi connectivity index (χ1v) is 16.0. The number of hydrogen-bond donors (Lipinski definition) is 0. The van der Waals surface area contributed by atoms with Crippen LogP contribution in [0.1, 0.15) is 61.4 Å². The molecule has 1 saturated heterocycles. The van der Waals surface area contributed by atoms with Gasteiger partial charge in [0, 0.05) is 60.4 Å². The quantitative estimate of drug-likeness (QED) is 0.268. The zero-order valence-electron chi connectivity index (χ0n) is 24.9. The maximum Gasteiger partial charge on any atom is 0.354 e. The van der Waals surface area contributed by atoms with Gasteiger partial charge in [-0.2, -0.15) is 4.98 Å². The minimum Gasteiger partial charge on any atom is -0.490 e. The van der Waals surface area contributed by atoms with Gasteiger partial charge in [-0.15, -0.1) is 0 Å². The van der Waals surface area contributed by atoms with Gasteiger partial charge in [-0.3, -0.25) is 9.36 Å². The predicted molar refractivity (Wildman–Crippen MR) is 170 cm³/mol. The molecule has 1 amide bonds. The molecule has 45 heavy (non-hydrogen) atoms. The number of piperazine rings is 1. The van der Waals surface area contributed by atoms with Crippen LogP contribution in [-0.4, -0.2) is 62.6 Å². The number of amides is 1. The summed E-state index contributed by atoms with van der Waals surface area (Å²) in [7, 11) is 0. The number of aromatic nitrogens is 4. The molecule has 8 rings (SSSR count). The van der Waals surface area contributed by atoms with Gasteiger partial charge in [-0.1, -0.05) is 30.3 Å². The van der Waals surface area contributed by atoms with Crippen molar-refractivity contribution in [2.24, 2.45) is 0 Å². The molecule has 0 unspecified atom stereocenters. The number of nitrogens with zero attached hydrogens (tertiary/aromatic N) is 6. The fourth-order valence-electron chi connectivity index (χ4n) is 6.97. The van der Waals surface area contributed by atoms with Crippen molar-refractivity contribution in [3.8, 4) is 22.6 Å². The Balaban J connectivity index is 1.45. The molecule has 3 fully saturated rings. The first kappa shape index (κ1) is 28.2. The lowest BCUT2D eigenvalue weighted by Gasteiger charge is -2.40. The van der Waals surface area contributed by atoms with Gasteiger partial charge >= 0.3 is 5.69 Å². The van der Waals surface area contributed by atoms with E-state index >= 15 is 4.39 Å². The number of carbonyl (C=O) groups excluding carboxylic acids is 1. The largest absolute Gasteiger partial charge is 0.490 e. The highest BCUT2D eigenvalue weighted by atomic mass is 35.5. The third-order valence-electron chi connectivity index (χ3n) is 9.45. The van der Waals surface area contributed by atoms with Crippen LogP contribution in [0.4, 0.5) is 10.2 Å². The summed E-state index contributed by atoms with van der Waals surface area (Å²) in [6.45, 7) is 7.24. The van der Waals surface area contributed by atoms with E-state index in [1.807, 2.05) is 17.9 Å². The summed E-state index contributed by atoms with van der Waals surface area (Å²) in [4.78, 5) is 44.9. The van der Waals surface area contributed by atoms with Crippen LogP contribution < -0.4 is 15.3 Å². The average molecular weight is 627 g/mol. The van der Waals surface area contributed by atoms with E-state index in [-0.39, 0.29) is 30.4 Å². The standard InChI is InChI=1S/C34H32ClFN6O3/c1-3-25(43)40-12-13-41(18(2)16-40)33-22-15-23(35)27-26-19(5-4-6-24(26)36)11-14-45-32(27)30(22)42(34(44)39-33)31-28(20-7-8-20)37-17-38-29(31)21-9-10-21/h3-6,15,17-18,20-21H,1,7-14,16H2,2H3/t18-/m0/s1. The molecule has 11 heteroatoms. The van der Waals surface area contributed by atoms with Crippen molar-refractivity contribution < 1.29 is 13.9 Å². The van der Waals surface area contributed by atoms with Gasteiger partial charge < -0.3 is 14.5 Å². The number of benzene rings is 2. The second-order valence-corrected chi connectivity index (χ2v) is 12.9. The highest BCUT2D eigenvalue weighted by molar-refractivity contribution is 6.35. The zero-order chi connectivity index (χ0) is 31.0. The highest BCUT2D eigenvalue weighted by Gasteiger charge is 2.38. The number of carbonyl (C=O) groups is 1. The molecule has 4 heterocycles. The van der Waals surface area contributed by atoms with Gasteiger partial charge in [0.2, 0.25) is 5.91 Å². The molecule has 0 spiro atoms. The van der Waals surface area contributed by atoms with Crippen molar-refractivity contribution in [1.29, 1.82) is 0 Å². The Morgan fingerprint density at radius 2 is 1.84 bits per heavy atom. The van der Waals surface area contributed by atoms with E-state index in [2.05, 4.69) is 6.58 Å². The SMILES string of the molecule is C=CC(=O)N1CCN(c2nc(=O)n(-c3c(C4CC4)ncnc3C3CC3)c3c4c(c(Cl)cc23)-c2c(F)cccc2CCO4)[C@@H](C)C1. The highest BCUT2D eigenvalue weighted by Crippen LogP contribution is 2.51. The Morgan fingerprint density at radius 3 is 2.51 bits per heavy atom. The summed E-state index contributed by atoms with van der Waals surface area (Å²) in [5.41, 5.74) is 3.92. The summed E-state index contributed by atoms with van der Waals surface area (Å²) in [5, 5.41) is 0.919. The van der Waals surface area contributed by atoms with Gasteiger partial charge in [0.25, 0.3) is 0 Å². The lowest BCUT2D eigenvalue weighted by Crippen LogP contribution is -2.54. The van der Waals surface area contributed by atoms with Gasteiger partial charge in [0.1, 0.15) is 23.5 Å². The van der Waals surface area contributed by atoms with E-state index < -0.39 is 11.5 Å². The Bertz CT molecular complexity index is 1940. The number of anilines is 1. The predicted octanol–water partition coefficient (Wildman–Crippen LogP) is 5.55. The number of fused-ring (bicyclic) bond motifs is 5. The Labute approximate surface area is 264 Å². The third-order valence-corrected chi connectivity index (χ3v) is 9.75. The average Bonchev–Trinajstić information content (AvgIpc) is 3.93. The molecular formula is C34H32ClFN6O3. The number of halogens is 2. The maximum atomic E-state index is 15.7. The molecule has 0 bridgehead atoms. The second kappa shape index (κ2) is 10.7. The van der Waals surface area contributed by atoms with E-state index in [9.17, 15) is 9.59 Å². The van der Waals surface area contributed by atoms with Crippen molar-refractivity contribution in [3.05, 3.63) is 81.5 Å². The molecule has 2 aliphatic heterocycles. The van der Waals surface area contributed by atoms with Crippen LogP contribution in [0.2, 0.25) is 5.02 Å². The minimum absolute atomic E-state index is 0.138. The summed E-state index contributed by atoms with van der Waals surface area (Å²) >= 11 is 7.08. The minimum atomic E-state index is -0.487. The zero-order valence-corrected chi connectivity index (χ0v) is 25.7. The molecular weight excluding hydrogens is 595 g/mol. The van der Waals surface area contributed by atoms with Crippen LogP contribution in [0.25, 0.3) is 27.7 Å². The molecule has 0 radical (unpaired) electrons. The lowest BCUT2D eigenvalue weighted by molar-refractivity contribution is -0.126. The molecule has 0 N–H and O–H groups in total. The normalized spacial score (nSPS) is 19.5. The summed E-state index contributed by atoms with van der Waals surface area (Å²) in [6.07, 6.45) is 7.33. The molecule has 2 aliphatic carbocycles. The van der Waals surface area contributed by atoms with Gasteiger partial charge in [-0.05, 0) is 56.4 Å². The van der Waals surface area contributed by atoms with E-state index in [0.29, 0.717) is 70.4 Å². The first-order valence-electron chi connectivity index (χ1n) is 15.6. The molecule has 1 atom stereocenters. The molecule has 9 nitrogen and oxygen atoms in total. The van der Waals surface area contributed by atoms with E-state index in [1.165, 1.54) is 12.1 Å². The first-order chi connectivity index (χ1) is 21.9. The second-order valence-electron chi connectivity index (χ2n) is 12.5. The van der Waals surface area contributed by atoms with Crippen LogP contribution in [0.3, 0.4) is 0 Å². The maximum absolute atomic E-state index is 15.7. The Morgan fingerprint density at radius 1 is 1.11 bits per heavy atom. The smallest absolute Gasteiger partial charge is 0.354 e. The number of hydrogen-bond acceptors (Lipinski definition) is 7. The van der Waals surface area contributed by atoms with Crippen molar-refractivity contribution in [3.63, 3.8) is 0 Å². The van der Waals surface area contributed by atoms with Crippen LogP contribution in [0, 0.1) is 5.82 Å². The van der Waals surface area contributed by atoms with Gasteiger partial charge in [0.15, 0.2) is 5.75 Å². The number of rotatable bonds is 5. The topological polar surface area (TPSA) is 93.5 Å².